The van der Waals surface area contributed by atoms with Crippen LogP contribution in [0.15, 0.2) is 18.2 Å². The number of rotatable bonds is 4. The molecule has 0 bridgehead atoms. The maximum atomic E-state index is 13.7. The van der Waals surface area contributed by atoms with Crippen LogP contribution in [0.25, 0.3) is 0 Å². The first-order valence-corrected chi connectivity index (χ1v) is 7.13. The number of nitrogens with two attached hydrogens (primary N) is 2. The number of carbonyl (C=O) groups is 2. The Morgan fingerprint density at radius 2 is 2.00 bits per heavy atom. The fraction of sp³-hybridized carbons (Fsp3) is 0.467. The quantitative estimate of drug-likeness (QED) is 0.786. The van der Waals surface area contributed by atoms with Gasteiger partial charge in [-0.2, -0.15) is 0 Å². The van der Waals surface area contributed by atoms with Crippen LogP contribution in [-0.2, 0) is 4.79 Å². The highest BCUT2D eigenvalue weighted by molar-refractivity contribution is 5.97. The molecule has 6 heteroatoms. The fourth-order valence-corrected chi connectivity index (χ4v) is 2.83. The SMILES string of the molecule is NCC1CCCCC1C(=O)Nc1cc(C(N)=O)ccc1F. The Kier molecular flexibility index (Phi) is 4.90. The fourth-order valence-electron chi connectivity index (χ4n) is 2.83. The van der Waals surface area contributed by atoms with Gasteiger partial charge >= 0.3 is 0 Å². The normalized spacial score (nSPS) is 21.8. The molecule has 114 valence electrons. The van der Waals surface area contributed by atoms with Gasteiger partial charge in [-0.15, -0.1) is 0 Å². The first-order chi connectivity index (χ1) is 10.0. The van der Waals surface area contributed by atoms with E-state index in [1.165, 1.54) is 12.1 Å². The van der Waals surface area contributed by atoms with Crippen molar-refractivity contribution in [3.63, 3.8) is 0 Å². The van der Waals surface area contributed by atoms with Crippen molar-refractivity contribution >= 4 is 17.5 Å². The lowest BCUT2D eigenvalue weighted by Crippen LogP contribution is -2.35. The van der Waals surface area contributed by atoms with Gasteiger partial charge in [-0.1, -0.05) is 12.8 Å². The zero-order valence-corrected chi connectivity index (χ0v) is 11.8. The number of benzene rings is 1. The largest absolute Gasteiger partial charge is 0.366 e. The van der Waals surface area contributed by atoms with Crippen molar-refractivity contribution in [1.82, 2.24) is 0 Å². The van der Waals surface area contributed by atoms with Crippen LogP contribution in [-0.4, -0.2) is 18.4 Å². The van der Waals surface area contributed by atoms with Crippen molar-refractivity contribution in [2.24, 2.45) is 23.3 Å². The molecule has 5 nitrogen and oxygen atoms in total. The van der Waals surface area contributed by atoms with Gasteiger partial charge in [0.05, 0.1) is 5.69 Å². The third-order valence-electron chi connectivity index (χ3n) is 4.06. The molecule has 2 atom stereocenters. The van der Waals surface area contributed by atoms with Crippen LogP contribution in [0.1, 0.15) is 36.0 Å². The highest BCUT2D eigenvalue weighted by Crippen LogP contribution is 2.30. The molecule has 1 aliphatic rings. The summed E-state index contributed by atoms with van der Waals surface area (Å²) in [5.74, 6) is -1.58. The molecular weight excluding hydrogens is 273 g/mol. The van der Waals surface area contributed by atoms with E-state index in [0.29, 0.717) is 6.54 Å². The topological polar surface area (TPSA) is 98.2 Å². The molecule has 1 aromatic carbocycles. The maximum Gasteiger partial charge on any atom is 0.248 e. The van der Waals surface area contributed by atoms with Crippen molar-refractivity contribution < 1.29 is 14.0 Å². The van der Waals surface area contributed by atoms with E-state index in [-0.39, 0.29) is 29.0 Å². The molecule has 21 heavy (non-hydrogen) atoms. The van der Waals surface area contributed by atoms with Crippen LogP contribution < -0.4 is 16.8 Å². The van der Waals surface area contributed by atoms with Gasteiger partial charge in [0.1, 0.15) is 5.82 Å². The second-order valence-electron chi connectivity index (χ2n) is 5.43. The molecule has 1 aliphatic carbocycles. The lowest BCUT2D eigenvalue weighted by atomic mass is 9.78. The maximum absolute atomic E-state index is 13.7. The second-order valence-corrected chi connectivity index (χ2v) is 5.43. The van der Waals surface area contributed by atoms with Gasteiger partial charge in [0.25, 0.3) is 0 Å². The Bertz CT molecular complexity index is 548. The number of anilines is 1. The van der Waals surface area contributed by atoms with E-state index in [2.05, 4.69) is 5.32 Å². The molecule has 0 spiro atoms. The van der Waals surface area contributed by atoms with Gasteiger partial charge in [0.2, 0.25) is 11.8 Å². The van der Waals surface area contributed by atoms with Crippen molar-refractivity contribution in [2.45, 2.75) is 25.7 Å². The van der Waals surface area contributed by atoms with Gasteiger partial charge < -0.3 is 16.8 Å². The minimum atomic E-state index is -0.664. The van der Waals surface area contributed by atoms with Crippen molar-refractivity contribution in [1.29, 1.82) is 0 Å². The number of nitrogens with one attached hydrogen (secondary N) is 1. The van der Waals surface area contributed by atoms with Crippen LogP contribution in [0.4, 0.5) is 10.1 Å². The molecule has 1 saturated carbocycles. The van der Waals surface area contributed by atoms with E-state index in [4.69, 9.17) is 11.5 Å². The number of amides is 2. The summed E-state index contributed by atoms with van der Waals surface area (Å²) >= 11 is 0. The summed E-state index contributed by atoms with van der Waals surface area (Å²) in [5.41, 5.74) is 11.0. The number of hydrogen-bond acceptors (Lipinski definition) is 3. The lowest BCUT2D eigenvalue weighted by Gasteiger charge is -2.29. The van der Waals surface area contributed by atoms with Gasteiger partial charge in [-0.3, -0.25) is 9.59 Å². The zero-order valence-electron chi connectivity index (χ0n) is 11.8. The molecule has 0 aromatic heterocycles. The Morgan fingerprint density at radius 1 is 1.29 bits per heavy atom. The minimum Gasteiger partial charge on any atom is -0.366 e. The Balaban J connectivity index is 2.15. The smallest absolute Gasteiger partial charge is 0.248 e. The molecule has 2 unspecified atom stereocenters. The summed E-state index contributed by atoms with van der Waals surface area (Å²) in [6.45, 7) is 0.446. The number of hydrogen-bond donors (Lipinski definition) is 3. The van der Waals surface area contributed by atoms with E-state index < -0.39 is 11.7 Å². The van der Waals surface area contributed by atoms with E-state index in [9.17, 15) is 14.0 Å². The molecule has 0 aliphatic heterocycles. The van der Waals surface area contributed by atoms with Crippen molar-refractivity contribution in [2.75, 3.05) is 11.9 Å². The third-order valence-corrected chi connectivity index (χ3v) is 4.06. The monoisotopic (exact) mass is 293 g/mol. The third kappa shape index (κ3) is 3.58. The summed E-state index contributed by atoms with van der Waals surface area (Å²) < 4.78 is 13.7. The van der Waals surface area contributed by atoms with Crippen LogP contribution >= 0.6 is 0 Å². The predicted octanol–water partition coefficient (Wildman–Crippen LogP) is 1.63. The molecular formula is C15H20FN3O2. The first kappa shape index (κ1) is 15.4. The summed E-state index contributed by atoms with van der Waals surface area (Å²) in [7, 11) is 0. The molecule has 0 heterocycles. The van der Waals surface area contributed by atoms with Crippen LogP contribution in [0.5, 0.6) is 0 Å². The van der Waals surface area contributed by atoms with Gasteiger partial charge in [0, 0.05) is 11.5 Å². The molecule has 2 amide bonds. The Morgan fingerprint density at radius 3 is 2.67 bits per heavy atom. The molecule has 5 N–H and O–H groups in total. The molecule has 1 aromatic rings. The Labute approximate surface area is 122 Å². The van der Waals surface area contributed by atoms with E-state index >= 15 is 0 Å². The van der Waals surface area contributed by atoms with Gasteiger partial charge in [-0.25, -0.2) is 4.39 Å². The molecule has 0 saturated heterocycles. The average Bonchev–Trinajstić information content (AvgIpc) is 2.49. The van der Waals surface area contributed by atoms with E-state index in [1.54, 1.807) is 0 Å². The van der Waals surface area contributed by atoms with Crippen LogP contribution in [0.3, 0.4) is 0 Å². The second kappa shape index (κ2) is 6.67. The predicted molar refractivity (Wildman–Crippen MR) is 78.1 cm³/mol. The van der Waals surface area contributed by atoms with Crippen LogP contribution in [0, 0.1) is 17.7 Å². The number of carbonyl (C=O) groups excluding carboxylic acids is 2. The molecule has 0 radical (unpaired) electrons. The summed E-state index contributed by atoms with van der Waals surface area (Å²) in [4.78, 5) is 23.4. The van der Waals surface area contributed by atoms with E-state index in [0.717, 1.165) is 31.7 Å². The summed E-state index contributed by atoms with van der Waals surface area (Å²) in [5, 5.41) is 2.56. The summed E-state index contributed by atoms with van der Waals surface area (Å²) in [6.07, 6.45) is 3.71. The van der Waals surface area contributed by atoms with Crippen molar-refractivity contribution in [3.8, 4) is 0 Å². The summed E-state index contributed by atoms with van der Waals surface area (Å²) in [6, 6.07) is 3.67. The lowest BCUT2D eigenvalue weighted by molar-refractivity contribution is -0.122. The van der Waals surface area contributed by atoms with Crippen molar-refractivity contribution in [3.05, 3.63) is 29.6 Å². The zero-order chi connectivity index (χ0) is 15.4. The standard InChI is InChI=1S/C15H20FN3O2/c16-12-6-5-9(14(18)20)7-13(12)19-15(21)11-4-2-1-3-10(11)8-17/h5-7,10-11H,1-4,8,17H2,(H2,18,20)(H,19,21). The number of halogens is 1. The van der Waals surface area contributed by atoms with Gasteiger partial charge in [0.15, 0.2) is 0 Å². The highest BCUT2D eigenvalue weighted by Gasteiger charge is 2.30. The minimum absolute atomic E-state index is 0.0161. The average molecular weight is 293 g/mol. The van der Waals surface area contributed by atoms with Crippen LogP contribution in [0.2, 0.25) is 0 Å². The van der Waals surface area contributed by atoms with Gasteiger partial charge in [-0.05, 0) is 43.5 Å². The molecule has 1 fully saturated rings. The number of primary amides is 1. The molecule has 2 rings (SSSR count). The Hall–Kier alpha value is -1.95. The highest BCUT2D eigenvalue weighted by atomic mass is 19.1. The van der Waals surface area contributed by atoms with E-state index in [1.807, 2.05) is 0 Å². The first-order valence-electron chi connectivity index (χ1n) is 7.13.